The molecule has 1 saturated carbocycles. The van der Waals surface area contributed by atoms with E-state index in [0.717, 1.165) is 19.0 Å². The number of rotatable bonds is 6. The van der Waals surface area contributed by atoms with Crippen LogP contribution in [0.5, 0.6) is 0 Å². The van der Waals surface area contributed by atoms with Crippen LogP contribution in [0.1, 0.15) is 44.2 Å². The third kappa shape index (κ3) is 3.42. The van der Waals surface area contributed by atoms with Gasteiger partial charge in [0.25, 0.3) is 0 Å². The molecule has 1 aliphatic carbocycles. The zero-order chi connectivity index (χ0) is 14.0. The molecule has 1 heterocycles. The van der Waals surface area contributed by atoms with E-state index in [1.807, 2.05) is 0 Å². The van der Waals surface area contributed by atoms with Gasteiger partial charge in [-0.25, -0.2) is 0 Å². The molecular weight excluding hydrogens is 244 g/mol. The zero-order valence-electron chi connectivity index (χ0n) is 13.0. The number of hydrogen-bond acceptors (Lipinski definition) is 2. The Morgan fingerprint density at radius 2 is 1.90 bits per heavy atom. The molecule has 1 aliphatic heterocycles. The summed E-state index contributed by atoms with van der Waals surface area (Å²) in [5.74, 6) is 0. The van der Waals surface area contributed by atoms with Crippen LogP contribution in [-0.2, 0) is 13.0 Å². The van der Waals surface area contributed by atoms with Crippen molar-refractivity contribution in [2.24, 2.45) is 5.41 Å². The summed E-state index contributed by atoms with van der Waals surface area (Å²) in [6, 6.07) is 10.1. The van der Waals surface area contributed by atoms with Crippen LogP contribution >= 0.6 is 0 Å². The van der Waals surface area contributed by atoms with Crippen molar-refractivity contribution in [3.05, 3.63) is 35.4 Å². The fourth-order valence-corrected chi connectivity index (χ4v) is 3.36. The number of nitrogens with zero attached hydrogens (tertiary/aromatic N) is 1. The molecule has 110 valence electrons. The van der Waals surface area contributed by atoms with Crippen molar-refractivity contribution < 1.29 is 0 Å². The largest absolute Gasteiger partial charge is 0.316 e. The number of nitrogens with one attached hydrogen (secondary N) is 1. The lowest BCUT2D eigenvalue weighted by atomic mass is 9.89. The highest BCUT2D eigenvalue weighted by molar-refractivity contribution is 5.22. The highest BCUT2D eigenvalue weighted by Gasteiger charge is 2.36. The summed E-state index contributed by atoms with van der Waals surface area (Å²) in [7, 11) is 0. The third-order valence-electron chi connectivity index (χ3n) is 4.92. The van der Waals surface area contributed by atoms with Gasteiger partial charge in [-0.1, -0.05) is 38.1 Å². The number of hydrogen-bond donors (Lipinski definition) is 1. The molecule has 3 rings (SSSR count). The molecule has 1 N–H and O–H groups in total. The molecule has 0 amide bonds. The van der Waals surface area contributed by atoms with Gasteiger partial charge in [0, 0.05) is 25.7 Å². The lowest BCUT2D eigenvalue weighted by molar-refractivity contribution is 0.162. The lowest BCUT2D eigenvalue weighted by Gasteiger charge is -2.32. The van der Waals surface area contributed by atoms with Crippen LogP contribution in [0.3, 0.4) is 0 Å². The van der Waals surface area contributed by atoms with Crippen molar-refractivity contribution in [1.29, 1.82) is 0 Å². The molecule has 1 saturated heterocycles. The Hall–Kier alpha value is -0.860. The van der Waals surface area contributed by atoms with Crippen LogP contribution in [0.4, 0.5) is 0 Å². The van der Waals surface area contributed by atoms with Gasteiger partial charge >= 0.3 is 0 Å². The summed E-state index contributed by atoms with van der Waals surface area (Å²) in [6.07, 6.45) is 5.26. The molecule has 1 atom stereocenters. The first-order valence-corrected chi connectivity index (χ1v) is 8.21. The standard InChI is InChI=1S/C18H28N2/c1-3-15-4-6-16(7-5-15)12-20(17-8-9-17)14-18(2)10-11-19-13-18/h4-7,17,19H,3,8-14H2,1-2H3. The van der Waals surface area contributed by atoms with E-state index < -0.39 is 0 Å². The molecular formula is C18H28N2. The fraction of sp³-hybridized carbons (Fsp3) is 0.667. The Kier molecular flexibility index (Phi) is 4.13. The predicted octanol–water partition coefficient (Wildman–Crippen LogP) is 3.21. The van der Waals surface area contributed by atoms with Crippen molar-refractivity contribution in [1.82, 2.24) is 10.2 Å². The van der Waals surface area contributed by atoms with Crippen molar-refractivity contribution in [2.75, 3.05) is 19.6 Å². The van der Waals surface area contributed by atoms with E-state index in [-0.39, 0.29) is 0 Å². The third-order valence-corrected chi connectivity index (χ3v) is 4.92. The van der Waals surface area contributed by atoms with E-state index in [2.05, 4.69) is 48.3 Å². The second kappa shape index (κ2) is 5.87. The molecule has 1 aromatic rings. The van der Waals surface area contributed by atoms with E-state index in [1.165, 1.54) is 50.0 Å². The summed E-state index contributed by atoms with van der Waals surface area (Å²) in [5.41, 5.74) is 3.40. The van der Waals surface area contributed by atoms with E-state index >= 15 is 0 Å². The molecule has 0 spiro atoms. The second-order valence-corrected chi connectivity index (χ2v) is 7.04. The topological polar surface area (TPSA) is 15.3 Å². The molecule has 20 heavy (non-hydrogen) atoms. The van der Waals surface area contributed by atoms with Gasteiger partial charge < -0.3 is 5.32 Å². The summed E-state index contributed by atoms with van der Waals surface area (Å²) >= 11 is 0. The summed E-state index contributed by atoms with van der Waals surface area (Å²) in [6.45, 7) is 9.43. The molecule has 0 radical (unpaired) electrons. The maximum atomic E-state index is 3.53. The van der Waals surface area contributed by atoms with Gasteiger partial charge in [0.05, 0.1) is 0 Å². The van der Waals surface area contributed by atoms with Crippen LogP contribution < -0.4 is 5.32 Å². The average Bonchev–Trinajstić information content (AvgIpc) is 3.22. The van der Waals surface area contributed by atoms with E-state index in [0.29, 0.717) is 5.41 Å². The normalized spacial score (nSPS) is 26.4. The van der Waals surface area contributed by atoms with Gasteiger partial charge in [0.15, 0.2) is 0 Å². The molecule has 2 heteroatoms. The smallest absolute Gasteiger partial charge is 0.0236 e. The van der Waals surface area contributed by atoms with Crippen LogP contribution in [-0.4, -0.2) is 30.6 Å². The number of aryl methyl sites for hydroxylation is 1. The minimum absolute atomic E-state index is 0.478. The predicted molar refractivity (Wildman–Crippen MR) is 84.8 cm³/mol. The van der Waals surface area contributed by atoms with Gasteiger partial charge in [0.1, 0.15) is 0 Å². The highest BCUT2D eigenvalue weighted by Crippen LogP contribution is 2.34. The number of benzene rings is 1. The van der Waals surface area contributed by atoms with Gasteiger partial charge in [-0.3, -0.25) is 4.90 Å². The molecule has 0 aromatic heterocycles. The Labute approximate surface area is 123 Å². The maximum Gasteiger partial charge on any atom is 0.0236 e. The monoisotopic (exact) mass is 272 g/mol. The van der Waals surface area contributed by atoms with Crippen LogP contribution in [0, 0.1) is 5.41 Å². The van der Waals surface area contributed by atoms with Crippen molar-refractivity contribution in [3.63, 3.8) is 0 Å². The minimum Gasteiger partial charge on any atom is -0.316 e. The van der Waals surface area contributed by atoms with Crippen molar-refractivity contribution >= 4 is 0 Å². The zero-order valence-corrected chi connectivity index (χ0v) is 13.0. The van der Waals surface area contributed by atoms with Gasteiger partial charge in [0.2, 0.25) is 0 Å². The molecule has 2 aliphatic rings. The van der Waals surface area contributed by atoms with Crippen LogP contribution in [0.15, 0.2) is 24.3 Å². The minimum atomic E-state index is 0.478. The lowest BCUT2D eigenvalue weighted by Crippen LogP contribution is -2.38. The van der Waals surface area contributed by atoms with Crippen molar-refractivity contribution in [2.45, 2.75) is 52.1 Å². The van der Waals surface area contributed by atoms with Gasteiger partial charge in [-0.05, 0) is 48.8 Å². The van der Waals surface area contributed by atoms with E-state index in [9.17, 15) is 0 Å². The Morgan fingerprint density at radius 1 is 1.20 bits per heavy atom. The fourth-order valence-electron chi connectivity index (χ4n) is 3.36. The first-order chi connectivity index (χ1) is 9.68. The Bertz CT molecular complexity index is 427. The molecule has 1 aromatic carbocycles. The molecule has 2 nitrogen and oxygen atoms in total. The molecule has 1 unspecified atom stereocenters. The SMILES string of the molecule is CCc1ccc(CN(CC2(C)CCNC2)C2CC2)cc1. The molecule has 2 fully saturated rings. The Balaban J connectivity index is 1.64. The van der Waals surface area contributed by atoms with E-state index in [4.69, 9.17) is 0 Å². The quantitative estimate of drug-likeness (QED) is 0.855. The summed E-state index contributed by atoms with van der Waals surface area (Å²) in [5, 5.41) is 3.53. The van der Waals surface area contributed by atoms with Crippen LogP contribution in [0.25, 0.3) is 0 Å². The van der Waals surface area contributed by atoms with Crippen molar-refractivity contribution in [3.8, 4) is 0 Å². The average molecular weight is 272 g/mol. The highest BCUT2D eigenvalue weighted by atomic mass is 15.2. The van der Waals surface area contributed by atoms with Crippen LogP contribution in [0.2, 0.25) is 0 Å². The maximum absolute atomic E-state index is 3.53. The first-order valence-electron chi connectivity index (χ1n) is 8.21. The first kappa shape index (κ1) is 14.1. The summed E-state index contributed by atoms with van der Waals surface area (Å²) in [4.78, 5) is 2.73. The molecule has 0 bridgehead atoms. The van der Waals surface area contributed by atoms with Gasteiger partial charge in [-0.2, -0.15) is 0 Å². The second-order valence-electron chi connectivity index (χ2n) is 7.04. The summed E-state index contributed by atoms with van der Waals surface area (Å²) < 4.78 is 0. The van der Waals surface area contributed by atoms with Gasteiger partial charge in [-0.15, -0.1) is 0 Å². The Morgan fingerprint density at radius 3 is 2.45 bits per heavy atom. The van der Waals surface area contributed by atoms with E-state index in [1.54, 1.807) is 0 Å².